The summed E-state index contributed by atoms with van der Waals surface area (Å²) in [5, 5.41) is 15.1. The van der Waals surface area contributed by atoms with Gasteiger partial charge in [-0.25, -0.2) is 4.68 Å². The zero-order valence-electron chi connectivity index (χ0n) is 18.2. The second kappa shape index (κ2) is 9.63. The first-order valence-corrected chi connectivity index (χ1v) is 11.4. The highest BCUT2D eigenvalue weighted by molar-refractivity contribution is 7.09. The van der Waals surface area contributed by atoms with Crippen molar-refractivity contribution in [3.05, 3.63) is 64.1 Å². The van der Waals surface area contributed by atoms with E-state index in [2.05, 4.69) is 103 Å². The van der Waals surface area contributed by atoms with Gasteiger partial charge in [0.15, 0.2) is 5.82 Å². The van der Waals surface area contributed by atoms with Crippen LogP contribution in [-0.2, 0) is 18.5 Å². The van der Waals surface area contributed by atoms with Crippen LogP contribution >= 0.6 is 11.3 Å². The van der Waals surface area contributed by atoms with Crippen LogP contribution in [0.15, 0.2) is 47.8 Å². The highest BCUT2D eigenvalue weighted by atomic mass is 32.1. The Morgan fingerprint density at radius 3 is 2.48 bits per heavy atom. The molecule has 2 aromatic heterocycles. The van der Waals surface area contributed by atoms with Gasteiger partial charge in [0.2, 0.25) is 0 Å². The van der Waals surface area contributed by atoms with Crippen LogP contribution in [0.2, 0.25) is 0 Å². The van der Waals surface area contributed by atoms with E-state index in [1.54, 1.807) is 0 Å². The van der Waals surface area contributed by atoms with E-state index in [0.29, 0.717) is 5.92 Å². The molecule has 0 fully saturated rings. The fourth-order valence-electron chi connectivity index (χ4n) is 3.68. The monoisotopic (exact) mass is 411 g/mol. The molecule has 0 saturated heterocycles. The van der Waals surface area contributed by atoms with Gasteiger partial charge in [0.1, 0.15) is 0 Å². The lowest BCUT2D eigenvalue weighted by Crippen LogP contribution is -2.38. The molecular formula is C23H33N5S. The molecule has 1 atom stereocenters. The van der Waals surface area contributed by atoms with Crippen LogP contribution in [0.5, 0.6) is 0 Å². The maximum Gasteiger partial charge on any atom is 0.169 e. The molecule has 0 aliphatic carbocycles. The maximum atomic E-state index is 4.52. The lowest BCUT2D eigenvalue weighted by Gasteiger charge is -2.35. The van der Waals surface area contributed by atoms with Crippen molar-refractivity contribution < 1.29 is 0 Å². The Bertz CT molecular complexity index is 855. The molecule has 5 nitrogen and oxygen atoms in total. The number of aromatic nitrogens is 4. The zero-order valence-corrected chi connectivity index (χ0v) is 19.1. The van der Waals surface area contributed by atoms with Crippen molar-refractivity contribution in [1.82, 2.24) is 25.1 Å². The minimum atomic E-state index is -0.111. The summed E-state index contributed by atoms with van der Waals surface area (Å²) in [5.41, 5.74) is 1.25. The SMILES string of the molecule is CCC(C)(C)n1nnnc1[C@@H](C(C)C)N(CCc1ccccc1)Cc1cccs1. The lowest BCUT2D eigenvalue weighted by atomic mass is 9.97. The molecule has 0 spiro atoms. The van der Waals surface area contributed by atoms with Crippen LogP contribution in [0.3, 0.4) is 0 Å². The predicted octanol–water partition coefficient (Wildman–Crippen LogP) is 5.32. The first kappa shape index (κ1) is 21.7. The second-order valence-electron chi connectivity index (χ2n) is 8.59. The number of thiophene rings is 1. The Morgan fingerprint density at radius 2 is 1.86 bits per heavy atom. The van der Waals surface area contributed by atoms with Gasteiger partial charge in [0.05, 0.1) is 11.6 Å². The van der Waals surface area contributed by atoms with E-state index >= 15 is 0 Å². The van der Waals surface area contributed by atoms with Crippen molar-refractivity contribution in [1.29, 1.82) is 0 Å². The Morgan fingerprint density at radius 1 is 1.10 bits per heavy atom. The Hall–Kier alpha value is -2.05. The van der Waals surface area contributed by atoms with Crippen LogP contribution in [0.1, 0.15) is 63.3 Å². The van der Waals surface area contributed by atoms with E-state index < -0.39 is 0 Å². The van der Waals surface area contributed by atoms with Gasteiger partial charge in [-0.05, 0) is 60.0 Å². The van der Waals surface area contributed by atoms with Crippen LogP contribution < -0.4 is 0 Å². The highest BCUT2D eigenvalue weighted by Gasteiger charge is 2.33. The molecule has 0 N–H and O–H groups in total. The Kier molecular flexibility index (Phi) is 7.19. The molecule has 2 heterocycles. The quantitative estimate of drug-likeness (QED) is 0.453. The summed E-state index contributed by atoms with van der Waals surface area (Å²) in [6, 6.07) is 15.2. The van der Waals surface area contributed by atoms with Gasteiger partial charge in [-0.15, -0.1) is 16.4 Å². The second-order valence-corrected chi connectivity index (χ2v) is 9.62. The fraction of sp³-hybridized carbons (Fsp3) is 0.522. The molecule has 0 saturated carbocycles. The average molecular weight is 412 g/mol. The van der Waals surface area contributed by atoms with Crippen LogP contribution in [0.25, 0.3) is 0 Å². The molecule has 0 bridgehead atoms. The number of benzene rings is 1. The van der Waals surface area contributed by atoms with E-state index in [1.807, 2.05) is 16.0 Å². The molecule has 0 radical (unpaired) electrons. The van der Waals surface area contributed by atoms with Crippen LogP contribution in [0.4, 0.5) is 0 Å². The first-order chi connectivity index (χ1) is 13.9. The normalized spacial score (nSPS) is 13.3. The van der Waals surface area contributed by atoms with Crippen LogP contribution in [0, 0.1) is 5.92 Å². The third kappa shape index (κ3) is 5.31. The topological polar surface area (TPSA) is 46.8 Å². The number of hydrogen-bond acceptors (Lipinski definition) is 5. The van der Waals surface area contributed by atoms with Crippen molar-refractivity contribution in [2.24, 2.45) is 5.92 Å². The standard InChI is InChI=1S/C23H33N5S/c1-6-23(4,5)28-22(24-25-26-28)21(18(2)3)27(17-20-13-10-16-29-20)15-14-19-11-8-7-9-12-19/h7-13,16,18,21H,6,14-15,17H2,1-5H3/t21-/m1/s1. The highest BCUT2D eigenvalue weighted by Crippen LogP contribution is 2.32. The van der Waals surface area contributed by atoms with Crippen molar-refractivity contribution in [3.8, 4) is 0 Å². The molecule has 3 aromatic rings. The third-order valence-corrected chi connectivity index (χ3v) is 6.55. The summed E-state index contributed by atoms with van der Waals surface area (Å²) in [4.78, 5) is 3.93. The minimum absolute atomic E-state index is 0.111. The van der Waals surface area contributed by atoms with Gasteiger partial charge < -0.3 is 0 Å². The Labute approximate surface area is 178 Å². The maximum absolute atomic E-state index is 4.52. The van der Waals surface area contributed by atoms with Gasteiger partial charge in [0, 0.05) is 18.0 Å². The molecule has 156 valence electrons. The summed E-state index contributed by atoms with van der Waals surface area (Å²) < 4.78 is 2.04. The summed E-state index contributed by atoms with van der Waals surface area (Å²) in [7, 11) is 0. The van der Waals surface area contributed by atoms with Crippen molar-refractivity contribution in [2.75, 3.05) is 6.54 Å². The number of nitrogens with zero attached hydrogens (tertiary/aromatic N) is 5. The fourth-order valence-corrected chi connectivity index (χ4v) is 4.41. The van der Waals surface area contributed by atoms with Gasteiger partial charge in [-0.2, -0.15) is 0 Å². The zero-order chi connectivity index (χ0) is 20.9. The van der Waals surface area contributed by atoms with Crippen molar-refractivity contribution in [3.63, 3.8) is 0 Å². The smallest absolute Gasteiger partial charge is 0.169 e. The number of tetrazole rings is 1. The largest absolute Gasteiger partial charge is 0.288 e. The van der Waals surface area contributed by atoms with E-state index in [4.69, 9.17) is 0 Å². The molecule has 1 aromatic carbocycles. The van der Waals surface area contributed by atoms with E-state index in [9.17, 15) is 0 Å². The summed E-state index contributed by atoms with van der Waals surface area (Å²) in [6.07, 6.45) is 1.99. The predicted molar refractivity (Wildman–Crippen MR) is 120 cm³/mol. The van der Waals surface area contributed by atoms with E-state index in [1.165, 1.54) is 10.4 Å². The molecule has 0 aliphatic heterocycles. The molecule has 6 heteroatoms. The van der Waals surface area contributed by atoms with Gasteiger partial charge in [-0.1, -0.05) is 57.2 Å². The van der Waals surface area contributed by atoms with Crippen LogP contribution in [-0.4, -0.2) is 31.7 Å². The molecule has 0 amide bonds. The molecule has 29 heavy (non-hydrogen) atoms. The molecule has 3 rings (SSSR count). The van der Waals surface area contributed by atoms with E-state index in [-0.39, 0.29) is 11.6 Å². The molecule has 0 aliphatic rings. The van der Waals surface area contributed by atoms with Gasteiger partial charge in [0.25, 0.3) is 0 Å². The molecular weight excluding hydrogens is 378 g/mol. The van der Waals surface area contributed by atoms with Gasteiger partial charge in [-0.3, -0.25) is 4.90 Å². The average Bonchev–Trinajstić information content (AvgIpc) is 3.39. The van der Waals surface area contributed by atoms with Crippen molar-refractivity contribution >= 4 is 11.3 Å². The summed E-state index contributed by atoms with van der Waals surface area (Å²) >= 11 is 1.81. The number of hydrogen-bond donors (Lipinski definition) is 0. The summed E-state index contributed by atoms with van der Waals surface area (Å²) in [6.45, 7) is 13.0. The first-order valence-electron chi connectivity index (χ1n) is 10.5. The van der Waals surface area contributed by atoms with Crippen molar-refractivity contribution in [2.45, 2.75) is 65.6 Å². The number of rotatable bonds is 10. The lowest BCUT2D eigenvalue weighted by molar-refractivity contribution is 0.128. The Balaban J connectivity index is 1.93. The van der Waals surface area contributed by atoms with Gasteiger partial charge >= 0.3 is 0 Å². The van der Waals surface area contributed by atoms with E-state index in [0.717, 1.165) is 31.8 Å². The summed E-state index contributed by atoms with van der Waals surface area (Å²) in [5.74, 6) is 1.36. The third-order valence-electron chi connectivity index (χ3n) is 5.69. The minimum Gasteiger partial charge on any atom is -0.288 e. The molecule has 0 unspecified atom stereocenters.